The summed E-state index contributed by atoms with van der Waals surface area (Å²) >= 11 is 3.43. The highest BCUT2D eigenvalue weighted by Crippen LogP contribution is 2.23. The third-order valence-corrected chi connectivity index (χ3v) is 3.58. The van der Waals surface area contributed by atoms with Gasteiger partial charge in [0, 0.05) is 24.1 Å². The van der Waals surface area contributed by atoms with Crippen molar-refractivity contribution in [2.24, 2.45) is 0 Å². The third-order valence-electron chi connectivity index (χ3n) is 2.91. The summed E-state index contributed by atoms with van der Waals surface area (Å²) in [7, 11) is 0. The van der Waals surface area contributed by atoms with Crippen molar-refractivity contribution in [2.45, 2.75) is 12.8 Å². The van der Waals surface area contributed by atoms with Crippen LogP contribution >= 0.6 is 15.9 Å². The molecule has 2 heteroatoms. The largest absolute Gasteiger partial charge is 0.372 e. The summed E-state index contributed by atoms with van der Waals surface area (Å²) in [5.74, 6) is 0. The van der Waals surface area contributed by atoms with E-state index in [2.05, 4.69) is 51.7 Å². The van der Waals surface area contributed by atoms with Crippen LogP contribution in [0.1, 0.15) is 18.4 Å². The average molecular weight is 266 g/mol. The number of hydrogen-bond acceptors (Lipinski definition) is 1. The lowest BCUT2D eigenvalue weighted by atomic mass is 10.1. The first-order valence-corrected chi connectivity index (χ1v) is 6.52. The fraction of sp³-hybridized carbons (Fsp3) is 0.385. The second kappa shape index (κ2) is 4.84. The number of nitrogens with zero attached hydrogens (tertiary/aromatic N) is 1. The van der Waals surface area contributed by atoms with E-state index in [1.54, 1.807) is 0 Å². The number of anilines is 1. The molecule has 1 aromatic rings. The van der Waals surface area contributed by atoms with Crippen LogP contribution in [0.25, 0.3) is 5.57 Å². The fourth-order valence-corrected chi connectivity index (χ4v) is 2.28. The Morgan fingerprint density at radius 2 is 1.80 bits per heavy atom. The maximum atomic E-state index is 4.01. The van der Waals surface area contributed by atoms with E-state index in [1.165, 1.54) is 37.2 Å². The summed E-state index contributed by atoms with van der Waals surface area (Å²) in [6.07, 6.45) is 2.66. The molecule has 1 nitrogen and oxygen atoms in total. The van der Waals surface area contributed by atoms with Gasteiger partial charge in [-0.3, -0.25) is 0 Å². The Balaban J connectivity index is 2.12. The molecule has 0 bridgehead atoms. The summed E-state index contributed by atoms with van der Waals surface area (Å²) in [4.78, 5) is 2.45. The monoisotopic (exact) mass is 265 g/mol. The van der Waals surface area contributed by atoms with Gasteiger partial charge in [0.1, 0.15) is 0 Å². The van der Waals surface area contributed by atoms with Crippen LogP contribution in [-0.4, -0.2) is 18.4 Å². The van der Waals surface area contributed by atoms with Gasteiger partial charge in [-0.05, 0) is 36.1 Å². The van der Waals surface area contributed by atoms with Crippen molar-refractivity contribution in [1.29, 1.82) is 0 Å². The molecule has 0 aromatic heterocycles. The molecule has 0 N–H and O–H groups in total. The van der Waals surface area contributed by atoms with Gasteiger partial charge in [-0.1, -0.05) is 34.6 Å². The van der Waals surface area contributed by atoms with Gasteiger partial charge < -0.3 is 4.90 Å². The van der Waals surface area contributed by atoms with Gasteiger partial charge in [-0.25, -0.2) is 0 Å². The van der Waals surface area contributed by atoms with Crippen molar-refractivity contribution < 1.29 is 0 Å². The minimum absolute atomic E-state index is 0.843. The molecule has 2 rings (SSSR count). The second-order valence-corrected chi connectivity index (χ2v) is 4.54. The summed E-state index contributed by atoms with van der Waals surface area (Å²) < 4.78 is 0. The molecule has 0 spiro atoms. The lowest BCUT2D eigenvalue weighted by Gasteiger charge is -2.17. The van der Waals surface area contributed by atoms with Gasteiger partial charge >= 0.3 is 0 Å². The van der Waals surface area contributed by atoms with Crippen molar-refractivity contribution in [3.05, 3.63) is 36.4 Å². The first-order chi connectivity index (χ1) is 7.31. The van der Waals surface area contributed by atoms with E-state index in [-0.39, 0.29) is 0 Å². The molecular formula is C13H16BrN. The fourth-order valence-electron chi connectivity index (χ4n) is 1.96. The van der Waals surface area contributed by atoms with E-state index < -0.39 is 0 Å². The summed E-state index contributed by atoms with van der Waals surface area (Å²) in [6, 6.07) is 8.73. The van der Waals surface area contributed by atoms with Crippen molar-refractivity contribution in [1.82, 2.24) is 0 Å². The first kappa shape index (κ1) is 10.7. The zero-order chi connectivity index (χ0) is 10.7. The molecule has 80 valence electrons. The smallest absolute Gasteiger partial charge is 0.0366 e. The Kier molecular flexibility index (Phi) is 3.47. The van der Waals surface area contributed by atoms with Crippen molar-refractivity contribution in [2.75, 3.05) is 23.3 Å². The molecule has 1 aliphatic heterocycles. The molecule has 1 fully saturated rings. The van der Waals surface area contributed by atoms with E-state index >= 15 is 0 Å². The van der Waals surface area contributed by atoms with E-state index in [4.69, 9.17) is 0 Å². The SMILES string of the molecule is C=C(CBr)c1ccc(N2CCCC2)cc1. The Morgan fingerprint density at radius 1 is 1.20 bits per heavy atom. The van der Waals surface area contributed by atoms with E-state index in [0.717, 1.165) is 10.9 Å². The standard InChI is InChI=1S/C13H16BrN/c1-11(10-14)12-4-6-13(7-5-12)15-8-2-3-9-15/h4-7H,1-3,8-10H2. The normalized spacial score (nSPS) is 15.7. The topological polar surface area (TPSA) is 3.24 Å². The highest BCUT2D eigenvalue weighted by atomic mass is 79.9. The number of benzene rings is 1. The molecule has 15 heavy (non-hydrogen) atoms. The first-order valence-electron chi connectivity index (χ1n) is 5.40. The van der Waals surface area contributed by atoms with Gasteiger partial charge in [-0.2, -0.15) is 0 Å². The van der Waals surface area contributed by atoms with Gasteiger partial charge in [-0.15, -0.1) is 0 Å². The Morgan fingerprint density at radius 3 is 2.33 bits per heavy atom. The zero-order valence-electron chi connectivity index (χ0n) is 8.88. The highest BCUT2D eigenvalue weighted by molar-refractivity contribution is 9.09. The molecule has 1 aliphatic rings. The zero-order valence-corrected chi connectivity index (χ0v) is 10.5. The predicted octanol–water partition coefficient (Wildman–Crippen LogP) is 3.69. The number of allylic oxidation sites excluding steroid dienone is 1. The summed E-state index contributed by atoms with van der Waals surface area (Å²) in [5.41, 5.74) is 3.72. The minimum atomic E-state index is 0.843. The molecular weight excluding hydrogens is 250 g/mol. The molecule has 0 amide bonds. The molecule has 0 atom stereocenters. The van der Waals surface area contributed by atoms with E-state index in [0.29, 0.717) is 0 Å². The Labute approximate surface area is 99.9 Å². The molecule has 1 saturated heterocycles. The lowest BCUT2D eigenvalue weighted by Crippen LogP contribution is -2.17. The summed E-state index contributed by atoms with van der Waals surface area (Å²) in [6.45, 7) is 6.42. The highest BCUT2D eigenvalue weighted by Gasteiger charge is 2.11. The third kappa shape index (κ3) is 2.43. The molecule has 0 aliphatic carbocycles. The van der Waals surface area contributed by atoms with Crippen molar-refractivity contribution >= 4 is 27.2 Å². The maximum Gasteiger partial charge on any atom is 0.0366 e. The Hall–Kier alpha value is -0.760. The van der Waals surface area contributed by atoms with Gasteiger partial charge in [0.25, 0.3) is 0 Å². The van der Waals surface area contributed by atoms with Crippen molar-refractivity contribution in [3.63, 3.8) is 0 Å². The van der Waals surface area contributed by atoms with Crippen LogP contribution in [0.2, 0.25) is 0 Å². The number of alkyl halides is 1. The van der Waals surface area contributed by atoms with Crippen LogP contribution < -0.4 is 4.90 Å². The number of hydrogen-bond donors (Lipinski definition) is 0. The van der Waals surface area contributed by atoms with Gasteiger partial charge in [0.05, 0.1) is 0 Å². The van der Waals surface area contributed by atoms with Crippen LogP contribution in [-0.2, 0) is 0 Å². The van der Waals surface area contributed by atoms with Crippen molar-refractivity contribution in [3.8, 4) is 0 Å². The molecule has 1 aromatic carbocycles. The quantitative estimate of drug-likeness (QED) is 0.754. The molecule has 0 saturated carbocycles. The van der Waals surface area contributed by atoms with Gasteiger partial charge in [0.15, 0.2) is 0 Å². The Bertz CT molecular complexity index is 336. The molecule has 0 radical (unpaired) electrons. The minimum Gasteiger partial charge on any atom is -0.372 e. The van der Waals surface area contributed by atoms with Crippen LogP contribution in [0, 0.1) is 0 Å². The summed E-state index contributed by atoms with van der Waals surface area (Å²) in [5, 5.41) is 0.843. The number of rotatable bonds is 3. The average Bonchev–Trinajstić information content (AvgIpc) is 2.82. The molecule has 1 heterocycles. The van der Waals surface area contributed by atoms with Gasteiger partial charge in [0.2, 0.25) is 0 Å². The predicted molar refractivity (Wildman–Crippen MR) is 70.7 cm³/mol. The molecule has 0 unspecified atom stereocenters. The van der Waals surface area contributed by atoms with Crippen LogP contribution in [0.3, 0.4) is 0 Å². The lowest BCUT2D eigenvalue weighted by molar-refractivity contribution is 0.949. The van der Waals surface area contributed by atoms with E-state index in [1.807, 2.05) is 0 Å². The van der Waals surface area contributed by atoms with Crippen LogP contribution in [0.15, 0.2) is 30.8 Å². The van der Waals surface area contributed by atoms with Crippen LogP contribution in [0.5, 0.6) is 0 Å². The number of halogens is 1. The second-order valence-electron chi connectivity index (χ2n) is 3.98. The maximum absolute atomic E-state index is 4.01. The van der Waals surface area contributed by atoms with Crippen LogP contribution in [0.4, 0.5) is 5.69 Å². The van der Waals surface area contributed by atoms with E-state index in [9.17, 15) is 0 Å².